The summed E-state index contributed by atoms with van der Waals surface area (Å²) in [7, 11) is -0.446. The van der Waals surface area contributed by atoms with Gasteiger partial charge < -0.3 is 10.2 Å². The van der Waals surface area contributed by atoms with Gasteiger partial charge in [0.15, 0.2) is 0 Å². The van der Waals surface area contributed by atoms with Crippen LogP contribution in [0.1, 0.15) is 0 Å². The monoisotopic (exact) mass is 490 g/mol. The Hall–Kier alpha value is -3.39. The fourth-order valence-corrected chi connectivity index (χ4v) is 4.48. The number of hydrogen-bond donors (Lipinski definition) is 2. The smallest absolute Gasteiger partial charge is 0.475 e. The molecule has 0 aliphatic carbocycles. The Morgan fingerprint density at radius 2 is 0.697 bits per heavy atom. The van der Waals surface area contributed by atoms with Gasteiger partial charge in [0.1, 0.15) is 0 Å². The van der Waals surface area contributed by atoms with Crippen LogP contribution in [0.3, 0.4) is 0 Å². The molecular formula is C22H17F6O4P. The second-order valence-corrected chi connectivity index (χ2v) is 8.17. The summed E-state index contributed by atoms with van der Waals surface area (Å²) in [6.45, 7) is 0. The van der Waals surface area contributed by atoms with Crippen LogP contribution in [0.4, 0.5) is 26.3 Å². The quantitative estimate of drug-likeness (QED) is 0.412. The lowest BCUT2D eigenvalue weighted by atomic mass is 10.4. The number of alkyl halides is 6. The minimum atomic E-state index is -5.08. The minimum absolute atomic E-state index is 0.446. The molecule has 0 aromatic heterocycles. The number of carboxylic acid groups (broad SMARTS) is 2. The van der Waals surface area contributed by atoms with Crippen molar-refractivity contribution in [3.8, 4) is 0 Å². The van der Waals surface area contributed by atoms with Crippen LogP contribution in [0.2, 0.25) is 0 Å². The van der Waals surface area contributed by atoms with E-state index >= 15 is 0 Å². The first kappa shape index (κ1) is 27.6. The first-order valence-corrected chi connectivity index (χ1v) is 10.2. The molecule has 3 rings (SSSR count). The molecule has 0 spiro atoms. The standard InChI is InChI=1S/C18H15P.2C2HF3O2/c1-4-10-16(11-5-1)19(17-12-6-2-7-13-17)18-14-8-3-9-15-18;2*3-2(4,5)1(6)7/h1-15H;2*(H,6,7). The number of rotatable bonds is 3. The third-order valence-corrected chi connectivity index (χ3v) is 5.97. The third-order valence-electron chi connectivity index (χ3n) is 3.53. The van der Waals surface area contributed by atoms with E-state index < -0.39 is 32.2 Å². The maximum absolute atomic E-state index is 10.6. The first-order chi connectivity index (χ1) is 15.3. The molecule has 0 saturated carbocycles. The van der Waals surface area contributed by atoms with Crippen LogP contribution >= 0.6 is 7.92 Å². The molecule has 2 N–H and O–H groups in total. The summed E-state index contributed by atoms with van der Waals surface area (Å²) < 4.78 is 63.5. The van der Waals surface area contributed by atoms with Gasteiger partial charge in [-0.3, -0.25) is 0 Å². The van der Waals surface area contributed by atoms with E-state index in [9.17, 15) is 26.3 Å². The highest BCUT2D eigenvalue weighted by Crippen LogP contribution is 2.32. The van der Waals surface area contributed by atoms with E-state index in [4.69, 9.17) is 19.8 Å². The number of hydrogen-bond acceptors (Lipinski definition) is 2. The van der Waals surface area contributed by atoms with E-state index in [2.05, 4.69) is 91.0 Å². The van der Waals surface area contributed by atoms with Gasteiger partial charge in [-0.2, -0.15) is 26.3 Å². The molecule has 11 heteroatoms. The van der Waals surface area contributed by atoms with Crippen molar-refractivity contribution in [3.05, 3.63) is 91.0 Å². The summed E-state index contributed by atoms with van der Waals surface area (Å²) in [6.07, 6.45) is -10.2. The van der Waals surface area contributed by atoms with Gasteiger partial charge in [0.05, 0.1) is 0 Å². The largest absolute Gasteiger partial charge is 0.490 e. The van der Waals surface area contributed by atoms with Gasteiger partial charge in [0.2, 0.25) is 0 Å². The molecule has 0 fully saturated rings. The SMILES string of the molecule is O=C(O)C(F)(F)F.O=C(O)C(F)(F)F.c1ccc(P(c2ccccc2)c2ccccc2)cc1. The summed E-state index contributed by atoms with van der Waals surface area (Å²) in [5.74, 6) is -5.51. The van der Waals surface area contributed by atoms with Crippen molar-refractivity contribution in [3.63, 3.8) is 0 Å². The Labute approximate surface area is 185 Å². The predicted octanol–water partition coefficient (Wildman–Crippen LogP) is 4.71. The second kappa shape index (κ2) is 12.6. The fourth-order valence-electron chi connectivity index (χ4n) is 2.18. The molecule has 0 aliphatic heterocycles. The van der Waals surface area contributed by atoms with Crippen molar-refractivity contribution in [2.75, 3.05) is 0 Å². The predicted molar refractivity (Wildman–Crippen MR) is 113 cm³/mol. The lowest BCUT2D eigenvalue weighted by Crippen LogP contribution is -2.21. The van der Waals surface area contributed by atoms with Crippen LogP contribution < -0.4 is 15.9 Å². The minimum Gasteiger partial charge on any atom is -0.475 e. The van der Waals surface area contributed by atoms with E-state index in [1.165, 1.54) is 15.9 Å². The number of aliphatic carboxylic acids is 2. The first-order valence-electron chi connectivity index (χ1n) is 8.89. The number of carboxylic acids is 2. The molecule has 176 valence electrons. The van der Waals surface area contributed by atoms with Crippen LogP contribution in [0.15, 0.2) is 91.0 Å². The van der Waals surface area contributed by atoms with Crippen molar-refractivity contribution >= 4 is 35.8 Å². The van der Waals surface area contributed by atoms with E-state index in [1.807, 2.05) is 0 Å². The van der Waals surface area contributed by atoms with Crippen LogP contribution in [-0.4, -0.2) is 34.5 Å². The van der Waals surface area contributed by atoms with Crippen LogP contribution in [0.25, 0.3) is 0 Å². The normalized spacial score (nSPS) is 10.9. The van der Waals surface area contributed by atoms with Gasteiger partial charge in [0.25, 0.3) is 0 Å². The molecule has 4 nitrogen and oxygen atoms in total. The van der Waals surface area contributed by atoms with Gasteiger partial charge in [-0.15, -0.1) is 0 Å². The number of halogens is 6. The number of benzene rings is 3. The van der Waals surface area contributed by atoms with Crippen LogP contribution in [-0.2, 0) is 9.59 Å². The van der Waals surface area contributed by atoms with Crippen molar-refractivity contribution in [2.45, 2.75) is 12.4 Å². The van der Waals surface area contributed by atoms with Crippen molar-refractivity contribution < 1.29 is 46.1 Å². The Kier molecular flexibility index (Phi) is 10.6. The van der Waals surface area contributed by atoms with Gasteiger partial charge in [-0.05, 0) is 23.8 Å². The molecule has 3 aromatic rings. The molecule has 3 aromatic carbocycles. The van der Waals surface area contributed by atoms with Crippen LogP contribution in [0, 0.1) is 0 Å². The second-order valence-electron chi connectivity index (χ2n) is 5.95. The lowest BCUT2D eigenvalue weighted by molar-refractivity contribution is -0.193. The molecule has 33 heavy (non-hydrogen) atoms. The molecule has 0 atom stereocenters. The van der Waals surface area contributed by atoms with E-state index in [0.717, 1.165) is 0 Å². The Bertz CT molecular complexity index is 876. The van der Waals surface area contributed by atoms with Crippen molar-refractivity contribution in [1.29, 1.82) is 0 Å². The summed E-state index contributed by atoms with van der Waals surface area (Å²) >= 11 is 0. The molecular weight excluding hydrogens is 473 g/mol. The van der Waals surface area contributed by atoms with Gasteiger partial charge >= 0.3 is 24.3 Å². The highest BCUT2D eigenvalue weighted by molar-refractivity contribution is 7.79. The lowest BCUT2D eigenvalue weighted by Gasteiger charge is -2.18. The van der Waals surface area contributed by atoms with Crippen molar-refractivity contribution in [1.82, 2.24) is 0 Å². The Balaban J connectivity index is 0.000000324. The maximum Gasteiger partial charge on any atom is 0.490 e. The average Bonchev–Trinajstić information content (AvgIpc) is 2.76. The molecule has 0 amide bonds. The average molecular weight is 490 g/mol. The van der Waals surface area contributed by atoms with Gasteiger partial charge in [0, 0.05) is 0 Å². The summed E-state index contributed by atoms with van der Waals surface area (Å²) in [6, 6.07) is 32.3. The molecule has 0 aliphatic rings. The van der Waals surface area contributed by atoms with Crippen LogP contribution in [0.5, 0.6) is 0 Å². The summed E-state index contributed by atoms with van der Waals surface area (Å²) in [5.41, 5.74) is 0. The maximum atomic E-state index is 10.6. The van der Waals surface area contributed by atoms with Gasteiger partial charge in [-0.1, -0.05) is 91.0 Å². The van der Waals surface area contributed by atoms with Gasteiger partial charge in [-0.25, -0.2) is 9.59 Å². The zero-order chi connectivity index (χ0) is 25.1. The molecule has 0 heterocycles. The zero-order valence-electron chi connectivity index (χ0n) is 16.6. The number of carbonyl (C=O) groups is 2. The summed E-state index contributed by atoms with van der Waals surface area (Å²) in [5, 5.41) is 18.4. The van der Waals surface area contributed by atoms with E-state index in [1.54, 1.807) is 0 Å². The molecule has 0 radical (unpaired) electrons. The molecule has 0 saturated heterocycles. The highest BCUT2D eigenvalue weighted by atomic mass is 31.1. The highest BCUT2D eigenvalue weighted by Gasteiger charge is 2.38. The Morgan fingerprint density at radius 3 is 0.848 bits per heavy atom. The zero-order valence-corrected chi connectivity index (χ0v) is 17.5. The van der Waals surface area contributed by atoms with E-state index in [-0.39, 0.29) is 0 Å². The third kappa shape index (κ3) is 10.2. The van der Waals surface area contributed by atoms with Crippen molar-refractivity contribution in [2.24, 2.45) is 0 Å². The Morgan fingerprint density at radius 1 is 0.515 bits per heavy atom. The molecule has 0 unspecified atom stereocenters. The fraction of sp³-hybridized carbons (Fsp3) is 0.0909. The topological polar surface area (TPSA) is 74.6 Å². The molecule has 0 bridgehead atoms. The van der Waals surface area contributed by atoms with E-state index in [0.29, 0.717) is 0 Å². The summed E-state index contributed by atoms with van der Waals surface area (Å²) in [4.78, 5) is 17.8.